The number of ether oxygens (including phenoxy) is 1. The summed E-state index contributed by atoms with van der Waals surface area (Å²) in [6, 6.07) is 8.73. The maximum absolute atomic E-state index is 5.49. The average Bonchev–Trinajstić information content (AvgIpc) is 2.84. The van der Waals surface area contributed by atoms with Gasteiger partial charge in [-0.1, -0.05) is 25.1 Å². The van der Waals surface area contributed by atoms with Crippen LogP contribution in [0.3, 0.4) is 0 Å². The molecule has 0 spiro atoms. The van der Waals surface area contributed by atoms with E-state index in [0.29, 0.717) is 0 Å². The number of para-hydroxylation sites is 1. The average molecular weight is 275 g/mol. The lowest BCUT2D eigenvalue weighted by atomic mass is 10.0. The zero-order valence-corrected chi connectivity index (χ0v) is 12.9. The first-order valence-corrected chi connectivity index (χ1v) is 7.41. The number of fused-ring (bicyclic) bond motifs is 1. The Hall–Kier alpha value is -1.39. The minimum absolute atomic E-state index is 0.167. The molecule has 0 saturated heterocycles. The van der Waals surface area contributed by atoms with Gasteiger partial charge in [0.2, 0.25) is 0 Å². The molecule has 1 N–H and O–H groups in total. The van der Waals surface area contributed by atoms with Gasteiger partial charge in [0.25, 0.3) is 0 Å². The number of aryl methyl sites for hydroxylation is 1. The number of nitrogens with one attached hydrogen (secondary N) is 1. The second-order valence-corrected chi connectivity index (χ2v) is 5.09. The molecular formula is C16H25N3O. The van der Waals surface area contributed by atoms with E-state index in [0.717, 1.165) is 25.2 Å². The number of benzene rings is 1. The van der Waals surface area contributed by atoms with E-state index >= 15 is 0 Å². The van der Waals surface area contributed by atoms with Crippen LogP contribution in [0, 0.1) is 0 Å². The van der Waals surface area contributed by atoms with Gasteiger partial charge in [-0.25, -0.2) is 0 Å². The van der Waals surface area contributed by atoms with Crippen LogP contribution in [0.1, 0.15) is 26.5 Å². The molecule has 2 rings (SSSR count). The summed E-state index contributed by atoms with van der Waals surface area (Å²) >= 11 is 0. The fourth-order valence-corrected chi connectivity index (χ4v) is 2.63. The third-order valence-corrected chi connectivity index (χ3v) is 3.85. The summed E-state index contributed by atoms with van der Waals surface area (Å²) in [5.74, 6) is 0. The van der Waals surface area contributed by atoms with Gasteiger partial charge in [0.05, 0.1) is 17.3 Å². The van der Waals surface area contributed by atoms with Crippen LogP contribution in [-0.2, 0) is 17.7 Å². The number of nitrogens with zero attached hydrogens (tertiary/aromatic N) is 2. The molecule has 4 heteroatoms. The molecule has 2 unspecified atom stereocenters. The van der Waals surface area contributed by atoms with E-state index in [1.165, 1.54) is 10.9 Å². The van der Waals surface area contributed by atoms with Gasteiger partial charge in [-0.15, -0.1) is 0 Å². The lowest BCUT2D eigenvalue weighted by Crippen LogP contribution is -2.41. The lowest BCUT2D eigenvalue weighted by Gasteiger charge is -2.23. The molecule has 0 amide bonds. The van der Waals surface area contributed by atoms with Gasteiger partial charge in [0, 0.05) is 31.5 Å². The van der Waals surface area contributed by atoms with E-state index in [4.69, 9.17) is 9.84 Å². The molecule has 1 aromatic carbocycles. The number of hydrogen-bond donors (Lipinski definition) is 1. The largest absolute Gasteiger partial charge is 0.380 e. The predicted octanol–water partition coefficient (Wildman–Crippen LogP) is 2.61. The van der Waals surface area contributed by atoms with E-state index in [1.54, 1.807) is 7.11 Å². The Morgan fingerprint density at radius 1 is 1.30 bits per heavy atom. The number of rotatable bonds is 7. The van der Waals surface area contributed by atoms with E-state index < -0.39 is 0 Å². The van der Waals surface area contributed by atoms with Crippen molar-refractivity contribution in [1.29, 1.82) is 0 Å². The number of aromatic nitrogens is 2. The van der Waals surface area contributed by atoms with Crippen molar-refractivity contribution in [1.82, 2.24) is 15.1 Å². The third kappa shape index (κ3) is 3.02. The number of likely N-dealkylation sites (N-methyl/N-ethyl adjacent to an activating group) is 1. The number of hydrogen-bond acceptors (Lipinski definition) is 3. The minimum atomic E-state index is 0.167. The van der Waals surface area contributed by atoms with Gasteiger partial charge in [-0.05, 0) is 26.5 Å². The fraction of sp³-hybridized carbons (Fsp3) is 0.562. The number of methoxy groups -OCH3 is 1. The molecule has 20 heavy (non-hydrogen) atoms. The van der Waals surface area contributed by atoms with Crippen molar-refractivity contribution in [2.24, 2.45) is 0 Å². The molecule has 2 atom stereocenters. The molecule has 0 radical (unpaired) electrons. The normalized spacial score (nSPS) is 14.6. The summed E-state index contributed by atoms with van der Waals surface area (Å²) in [6.45, 7) is 8.18. The highest BCUT2D eigenvalue weighted by Crippen LogP contribution is 2.20. The second-order valence-electron chi connectivity index (χ2n) is 5.09. The van der Waals surface area contributed by atoms with Crippen LogP contribution in [-0.4, -0.2) is 35.6 Å². The maximum Gasteiger partial charge on any atom is 0.0719 e. The SMILES string of the molecule is CCNC(Cc1nn(CC)c2ccccc12)C(C)OC. The summed E-state index contributed by atoms with van der Waals surface area (Å²) in [4.78, 5) is 0. The summed E-state index contributed by atoms with van der Waals surface area (Å²) in [6.07, 6.45) is 1.05. The van der Waals surface area contributed by atoms with Gasteiger partial charge >= 0.3 is 0 Å². The topological polar surface area (TPSA) is 39.1 Å². The van der Waals surface area contributed by atoms with Crippen LogP contribution in [0.25, 0.3) is 10.9 Å². The van der Waals surface area contributed by atoms with Crippen molar-refractivity contribution in [2.45, 2.75) is 45.9 Å². The summed E-state index contributed by atoms with van der Waals surface area (Å²) < 4.78 is 7.56. The summed E-state index contributed by atoms with van der Waals surface area (Å²) in [7, 11) is 1.76. The second kappa shape index (κ2) is 6.86. The Kier molecular flexibility index (Phi) is 5.15. The van der Waals surface area contributed by atoms with Crippen LogP contribution in [0.15, 0.2) is 24.3 Å². The molecule has 4 nitrogen and oxygen atoms in total. The zero-order chi connectivity index (χ0) is 14.5. The molecule has 0 bridgehead atoms. The molecule has 0 aliphatic heterocycles. The van der Waals surface area contributed by atoms with Crippen LogP contribution in [0.5, 0.6) is 0 Å². The first-order chi connectivity index (χ1) is 9.71. The molecule has 110 valence electrons. The molecule has 0 aliphatic carbocycles. The van der Waals surface area contributed by atoms with E-state index in [-0.39, 0.29) is 12.1 Å². The third-order valence-electron chi connectivity index (χ3n) is 3.85. The Labute approximate surface area is 121 Å². The lowest BCUT2D eigenvalue weighted by molar-refractivity contribution is 0.0833. The molecular weight excluding hydrogens is 250 g/mol. The van der Waals surface area contributed by atoms with Crippen molar-refractivity contribution < 1.29 is 4.74 Å². The highest BCUT2D eigenvalue weighted by Gasteiger charge is 2.19. The van der Waals surface area contributed by atoms with Crippen molar-refractivity contribution in [3.05, 3.63) is 30.0 Å². The van der Waals surface area contributed by atoms with Gasteiger partial charge in [0.15, 0.2) is 0 Å². The van der Waals surface area contributed by atoms with Gasteiger partial charge in [-0.2, -0.15) is 5.10 Å². The van der Waals surface area contributed by atoms with Crippen LogP contribution >= 0.6 is 0 Å². The zero-order valence-electron chi connectivity index (χ0n) is 12.9. The first kappa shape index (κ1) is 15.0. The molecule has 0 saturated carbocycles. The molecule has 0 aliphatic rings. The Balaban J connectivity index is 2.32. The van der Waals surface area contributed by atoms with E-state index in [9.17, 15) is 0 Å². The van der Waals surface area contributed by atoms with E-state index in [1.807, 2.05) is 0 Å². The minimum Gasteiger partial charge on any atom is -0.380 e. The van der Waals surface area contributed by atoms with Gasteiger partial charge in [-0.3, -0.25) is 4.68 Å². The van der Waals surface area contributed by atoms with Crippen molar-refractivity contribution >= 4 is 10.9 Å². The standard InChI is InChI=1S/C16H25N3O/c1-5-17-14(12(3)20-4)11-15-13-9-7-8-10-16(13)19(6-2)18-15/h7-10,12,14,17H,5-6,11H2,1-4H3. The molecule has 1 heterocycles. The van der Waals surface area contributed by atoms with Crippen molar-refractivity contribution in [3.8, 4) is 0 Å². The Bertz CT molecular complexity index is 550. The monoisotopic (exact) mass is 275 g/mol. The Morgan fingerprint density at radius 3 is 2.70 bits per heavy atom. The van der Waals surface area contributed by atoms with Crippen LogP contribution in [0.4, 0.5) is 0 Å². The predicted molar refractivity (Wildman–Crippen MR) is 83.0 cm³/mol. The quantitative estimate of drug-likeness (QED) is 0.844. The maximum atomic E-state index is 5.49. The molecule has 2 aromatic rings. The van der Waals surface area contributed by atoms with E-state index in [2.05, 4.69) is 55.0 Å². The van der Waals surface area contributed by atoms with Gasteiger partial charge < -0.3 is 10.1 Å². The molecule has 0 fully saturated rings. The highest BCUT2D eigenvalue weighted by molar-refractivity contribution is 5.82. The fourth-order valence-electron chi connectivity index (χ4n) is 2.63. The van der Waals surface area contributed by atoms with Crippen molar-refractivity contribution in [2.75, 3.05) is 13.7 Å². The summed E-state index contributed by atoms with van der Waals surface area (Å²) in [5.41, 5.74) is 2.36. The van der Waals surface area contributed by atoms with Crippen LogP contribution < -0.4 is 5.32 Å². The van der Waals surface area contributed by atoms with Crippen LogP contribution in [0.2, 0.25) is 0 Å². The Morgan fingerprint density at radius 2 is 2.05 bits per heavy atom. The summed E-state index contributed by atoms with van der Waals surface area (Å²) in [5, 5.41) is 9.52. The van der Waals surface area contributed by atoms with Crippen molar-refractivity contribution in [3.63, 3.8) is 0 Å². The first-order valence-electron chi connectivity index (χ1n) is 7.41. The smallest absolute Gasteiger partial charge is 0.0719 e. The highest BCUT2D eigenvalue weighted by atomic mass is 16.5. The van der Waals surface area contributed by atoms with Gasteiger partial charge in [0.1, 0.15) is 0 Å². The molecule has 1 aromatic heterocycles.